The van der Waals surface area contributed by atoms with Gasteiger partial charge >= 0.3 is 6.36 Å². The number of benzene rings is 1. The molecule has 0 radical (unpaired) electrons. The maximum Gasteiger partial charge on any atom is 0.573 e. The Labute approximate surface area is 117 Å². The first-order valence-electron chi connectivity index (χ1n) is 6.64. The van der Waals surface area contributed by atoms with Crippen molar-refractivity contribution in [3.05, 3.63) is 24.3 Å². The minimum Gasteiger partial charge on any atom is -0.485 e. The fraction of sp³-hybridized carbons (Fsp3) is 0.571. The van der Waals surface area contributed by atoms with Gasteiger partial charge in [0.25, 0.3) is 0 Å². The largest absolute Gasteiger partial charge is 0.573 e. The van der Waals surface area contributed by atoms with Gasteiger partial charge in [-0.2, -0.15) is 0 Å². The van der Waals surface area contributed by atoms with E-state index in [1.54, 1.807) is 13.0 Å². The van der Waals surface area contributed by atoms with Gasteiger partial charge in [0.2, 0.25) is 0 Å². The summed E-state index contributed by atoms with van der Waals surface area (Å²) in [6.45, 7) is 5.32. The second kappa shape index (κ2) is 7.99. The minimum atomic E-state index is -4.72. The highest BCUT2D eigenvalue weighted by molar-refractivity contribution is 5.39. The molecule has 0 spiro atoms. The summed E-state index contributed by atoms with van der Waals surface area (Å²) in [4.78, 5) is 0. The van der Waals surface area contributed by atoms with Gasteiger partial charge in [-0.3, -0.25) is 0 Å². The molecule has 1 atom stereocenters. The van der Waals surface area contributed by atoms with Gasteiger partial charge in [-0.25, -0.2) is 0 Å². The van der Waals surface area contributed by atoms with E-state index >= 15 is 0 Å². The fourth-order valence-electron chi connectivity index (χ4n) is 1.62. The molecule has 0 aliphatic carbocycles. The van der Waals surface area contributed by atoms with Gasteiger partial charge in [-0.1, -0.05) is 25.5 Å². The Morgan fingerprint density at radius 1 is 1.20 bits per heavy atom. The summed E-state index contributed by atoms with van der Waals surface area (Å²) in [5.41, 5.74) is 0. The van der Waals surface area contributed by atoms with Crippen molar-refractivity contribution in [3.8, 4) is 11.5 Å². The molecule has 0 saturated heterocycles. The van der Waals surface area contributed by atoms with Gasteiger partial charge in [0, 0.05) is 6.54 Å². The molecule has 1 aromatic carbocycles. The van der Waals surface area contributed by atoms with Crippen molar-refractivity contribution in [1.29, 1.82) is 0 Å². The van der Waals surface area contributed by atoms with E-state index in [4.69, 9.17) is 4.74 Å². The summed E-state index contributed by atoms with van der Waals surface area (Å²) in [5.74, 6) is -0.227. The van der Waals surface area contributed by atoms with Gasteiger partial charge in [-0.15, -0.1) is 13.2 Å². The Morgan fingerprint density at radius 2 is 1.85 bits per heavy atom. The first kappa shape index (κ1) is 16.6. The zero-order valence-electron chi connectivity index (χ0n) is 11.7. The number of nitrogens with one attached hydrogen (secondary N) is 1. The SMILES string of the molecule is CCCCNCC(C)Oc1ccccc1OC(F)(F)F. The first-order chi connectivity index (χ1) is 9.42. The van der Waals surface area contributed by atoms with Gasteiger partial charge in [0.05, 0.1) is 0 Å². The molecule has 0 aliphatic heterocycles. The van der Waals surface area contributed by atoms with Crippen LogP contribution in [0.25, 0.3) is 0 Å². The summed E-state index contributed by atoms with van der Waals surface area (Å²) in [6.07, 6.45) is -2.82. The van der Waals surface area contributed by atoms with Crippen LogP contribution in [-0.4, -0.2) is 25.6 Å². The Hall–Kier alpha value is -1.43. The van der Waals surface area contributed by atoms with Crippen LogP contribution >= 0.6 is 0 Å². The molecule has 6 heteroatoms. The normalized spacial score (nSPS) is 13.1. The van der Waals surface area contributed by atoms with E-state index in [1.807, 2.05) is 0 Å². The van der Waals surface area contributed by atoms with Gasteiger partial charge in [-0.05, 0) is 32.0 Å². The van der Waals surface area contributed by atoms with Crippen LogP contribution in [-0.2, 0) is 0 Å². The second-order valence-corrected chi connectivity index (χ2v) is 4.48. The minimum absolute atomic E-state index is 0.0922. The highest BCUT2D eigenvalue weighted by Gasteiger charge is 2.32. The average Bonchev–Trinajstić information content (AvgIpc) is 2.35. The summed E-state index contributed by atoms with van der Waals surface area (Å²) in [6, 6.07) is 5.78. The summed E-state index contributed by atoms with van der Waals surface area (Å²) >= 11 is 0. The van der Waals surface area contributed by atoms with Crippen molar-refractivity contribution < 1.29 is 22.6 Å². The lowest BCUT2D eigenvalue weighted by atomic mass is 10.3. The van der Waals surface area contributed by atoms with Crippen LogP contribution in [0.2, 0.25) is 0 Å². The van der Waals surface area contributed by atoms with Crippen LogP contribution in [0.3, 0.4) is 0 Å². The number of rotatable bonds is 8. The van der Waals surface area contributed by atoms with E-state index < -0.39 is 6.36 Å². The van der Waals surface area contributed by atoms with Crippen molar-refractivity contribution in [2.75, 3.05) is 13.1 Å². The third-order valence-corrected chi connectivity index (χ3v) is 2.54. The van der Waals surface area contributed by atoms with Crippen molar-refractivity contribution >= 4 is 0 Å². The highest BCUT2D eigenvalue weighted by Crippen LogP contribution is 2.32. The number of para-hydroxylation sites is 2. The molecule has 0 amide bonds. The van der Waals surface area contributed by atoms with Crippen molar-refractivity contribution in [2.24, 2.45) is 0 Å². The van der Waals surface area contributed by atoms with Crippen LogP contribution in [0.1, 0.15) is 26.7 Å². The van der Waals surface area contributed by atoms with Gasteiger partial charge in [0.15, 0.2) is 11.5 Å². The van der Waals surface area contributed by atoms with Crippen LogP contribution in [0.4, 0.5) is 13.2 Å². The third kappa shape index (κ3) is 6.65. The Balaban J connectivity index is 2.54. The molecule has 20 heavy (non-hydrogen) atoms. The Bertz CT molecular complexity index is 396. The predicted octanol–water partition coefficient (Wildman–Crippen LogP) is 3.74. The molecule has 1 N–H and O–H groups in total. The molecule has 0 fully saturated rings. The molecule has 0 aromatic heterocycles. The van der Waals surface area contributed by atoms with Crippen molar-refractivity contribution in [1.82, 2.24) is 5.32 Å². The molecule has 114 valence electrons. The first-order valence-corrected chi connectivity index (χ1v) is 6.64. The summed E-state index contributed by atoms with van der Waals surface area (Å²) < 4.78 is 46.2. The van der Waals surface area contributed by atoms with E-state index in [2.05, 4.69) is 17.0 Å². The van der Waals surface area contributed by atoms with E-state index in [1.165, 1.54) is 18.2 Å². The highest BCUT2D eigenvalue weighted by atomic mass is 19.4. The summed E-state index contributed by atoms with van der Waals surface area (Å²) in [7, 11) is 0. The lowest BCUT2D eigenvalue weighted by molar-refractivity contribution is -0.275. The number of alkyl halides is 3. The van der Waals surface area contributed by atoms with Crippen LogP contribution in [0.5, 0.6) is 11.5 Å². The van der Waals surface area contributed by atoms with E-state index in [9.17, 15) is 13.2 Å². The van der Waals surface area contributed by atoms with E-state index in [0.717, 1.165) is 19.4 Å². The van der Waals surface area contributed by atoms with Gasteiger partial charge < -0.3 is 14.8 Å². The topological polar surface area (TPSA) is 30.5 Å². The molecule has 0 heterocycles. The lowest BCUT2D eigenvalue weighted by Gasteiger charge is -2.18. The molecule has 0 bridgehead atoms. The van der Waals surface area contributed by atoms with Gasteiger partial charge in [0.1, 0.15) is 6.10 Å². The lowest BCUT2D eigenvalue weighted by Crippen LogP contribution is -2.30. The summed E-state index contributed by atoms with van der Waals surface area (Å²) in [5, 5.41) is 3.19. The Kier molecular flexibility index (Phi) is 6.64. The molecule has 3 nitrogen and oxygen atoms in total. The average molecular weight is 291 g/mol. The molecular formula is C14H20F3NO2. The molecule has 1 unspecified atom stereocenters. The molecule has 1 rings (SSSR count). The monoisotopic (exact) mass is 291 g/mol. The molecular weight excluding hydrogens is 271 g/mol. The second-order valence-electron chi connectivity index (χ2n) is 4.48. The number of unbranched alkanes of at least 4 members (excludes halogenated alkanes) is 1. The number of hydrogen-bond acceptors (Lipinski definition) is 3. The zero-order valence-corrected chi connectivity index (χ0v) is 11.7. The number of hydrogen-bond donors (Lipinski definition) is 1. The van der Waals surface area contributed by atoms with Crippen LogP contribution in [0, 0.1) is 0 Å². The van der Waals surface area contributed by atoms with E-state index in [0.29, 0.717) is 6.54 Å². The zero-order chi connectivity index (χ0) is 15.0. The third-order valence-electron chi connectivity index (χ3n) is 2.54. The maximum absolute atomic E-state index is 12.3. The van der Waals surface area contributed by atoms with Crippen LogP contribution in [0.15, 0.2) is 24.3 Å². The van der Waals surface area contributed by atoms with Crippen molar-refractivity contribution in [3.63, 3.8) is 0 Å². The Morgan fingerprint density at radius 3 is 2.45 bits per heavy atom. The van der Waals surface area contributed by atoms with Crippen molar-refractivity contribution in [2.45, 2.75) is 39.2 Å². The molecule has 1 aromatic rings. The quantitative estimate of drug-likeness (QED) is 0.740. The smallest absolute Gasteiger partial charge is 0.485 e. The fourth-order valence-corrected chi connectivity index (χ4v) is 1.62. The van der Waals surface area contributed by atoms with Crippen LogP contribution < -0.4 is 14.8 Å². The number of halogens is 3. The molecule has 0 aliphatic rings. The standard InChI is InChI=1S/C14H20F3NO2/c1-3-4-9-18-10-11(2)19-12-7-5-6-8-13(12)20-14(15,16)17/h5-8,11,18H,3-4,9-10H2,1-2H3. The molecule has 0 saturated carbocycles. The van der Waals surface area contributed by atoms with E-state index in [-0.39, 0.29) is 17.6 Å². The number of ether oxygens (including phenoxy) is 2. The predicted molar refractivity (Wildman–Crippen MR) is 71.0 cm³/mol. The maximum atomic E-state index is 12.3.